The average Bonchev–Trinajstić information content (AvgIpc) is 3.27. The third-order valence-corrected chi connectivity index (χ3v) is 5.99. The van der Waals surface area contributed by atoms with Crippen molar-refractivity contribution in [2.75, 3.05) is 10.6 Å². The molecule has 1 aromatic heterocycles. The first-order chi connectivity index (χ1) is 14.8. The molecule has 10 heteroatoms. The lowest BCUT2D eigenvalue weighted by Crippen LogP contribution is -2.34. The molecule has 3 N–H and O–H groups in total. The SMILES string of the molecule is CC1Oc2ccc(NC(=O)c3cccc(S(=O)(=O)NCc4ccco4)c3)cc2NC1=O. The van der Waals surface area contributed by atoms with Crippen LogP contribution in [0, 0.1) is 0 Å². The van der Waals surface area contributed by atoms with Crippen molar-refractivity contribution in [2.45, 2.75) is 24.5 Å². The standard InChI is InChI=1S/C21H19N3O6S/c1-13-20(25)24-18-11-15(7-8-19(18)30-13)23-21(26)14-4-2-6-17(10-14)31(27,28)22-12-16-5-3-9-29-16/h2-11,13,22H,12H2,1H3,(H,23,26)(H,24,25). The molecule has 2 amide bonds. The molecule has 1 aliphatic rings. The van der Waals surface area contributed by atoms with E-state index < -0.39 is 22.0 Å². The summed E-state index contributed by atoms with van der Waals surface area (Å²) >= 11 is 0. The first-order valence-corrected chi connectivity index (χ1v) is 10.9. The number of anilines is 2. The number of hydrogen-bond acceptors (Lipinski definition) is 6. The van der Waals surface area contributed by atoms with Crippen LogP contribution in [0.2, 0.25) is 0 Å². The normalized spacial score (nSPS) is 15.5. The van der Waals surface area contributed by atoms with E-state index in [-0.39, 0.29) is 22.9 Å². The second-order valence-corrected chi connectivity index (χ2v) is 8.61. The van der Waals surface area contributed by atoms with Gasteiger partial charge in [0, 0.05) is 11.3 Å². The lowest BCUT2D eigenvalue weighted by atomic mass is 10.2. The van der Waals surface area contributed by atoms with Crippen LogP contribution in [0.25, 0.3) is 0 Å². The topological polar surface area (TPSA) is 127 Å². The summed E-state index contributed by atoms with van der Waals surface area (Å²) in [6, 6.07) is 13.8. The minimum atomic E-state index is -3.84. The summed E-state index contributed by atoms with van der Waals surface area (Å²) < 4.78 is 38.1. The number of amides is 2. The Balaban J connectivity index is 1.48. The first-order valence-electron chi connectivity index (χ1n) is 9.37. The Kier molecular flexibility index (Phi) is 5.49. The van der Waals surface area contributed by atoms with E-state index in [4.69, 9.17) is 9.15 Å². The van der Waals surface area contributed by atoms with Crippen LogP contribution in [-0.4, -0.2) is 26.3 Å². The number of carbonyl (C=O) groups is 2. The van der Waals surface area contributed by atoms with E-state index in [0.717, 1.165) is 0 Å². The van der Waals surface area contributed by atoms with Crippen LogP contribution >= 0.6 is 0 Å². The Labute approximate surface area is 178 Å². The van der Waals surface area contributed by atoms with Gasteiger partial charge in [-0.1, -0.05) is 6.07 Å². The maximum absolute atomic E-state index is 12.7. The van der Waals surface area contributed by atoms with Crippen LogP contribution in [-0.2, 0) is 21.4 Å². The van der Waals surface area contributed by atoms with Gasteiger partial charge in [-0.3, -0.25) is 9.59 Å². The summed E-state index contributed by atoms with van der Waals surface area (Å²) in [5, 5.41) is 5.40. The maximum Gasteiger partial charge on any atom is 0.265 e. The predicted molar refractivity (Wildman–Crippen MR) is 112 cm³/mol. The zero-order valence-corrected chi connectivity index (χ0v) is 17.2. The number of benzene rings is 2. The van der Waals surface area contributed by atoms with Crippen LogP contribution < -0.4 is 20.1 Å². The Bertz CT molecular complexity index is 1240. The van der Waals surface area contributed by atoms with Gasteiger partial charge >= 0.3 is 0 Å². The van der Waals surface area contributed by atoms with E-state index >= 15 is 0 Å². The number of nitrogens with one attached hydrogen (secondary N) is 3. The quantitative estimate of drug-likeness (QED) is 0.540. The molecule has 0 aliphatic carbocycles. The number of fused-ring (bicyclic) bond motifs is 1. The van der Waals surface area contributed by atoms with E-state index in [1.807, 2.05) is 0 Å². The van der Waals surface area contributed by atoms with Crippen molar-refractivity contribution in [2.24, 2.45) is 0 Å². The van der Waals surface area contributed by atoms with Crippen molar-refractivity contribution < 1.29 is 27.2 Å². The van der Waals surface area contributed by atoms with Crippen molar-refractivity contribution in [3.05, 3.63) is 72.2 Å². The van der Waals surface area contributed by atoms with Gasteiger partial charge in [0.2, 0.25) is 10.0 Å². The minimum Gasteiger partial charge on any atom is -0.479 e. The van der Waals surface area contributed by atoms with Crippen LogP contribution in [0.5, 0.6) is 5.75 Å². The van der Waals surface area contributed by atoms with Crippen molar-refractivity contribution in [1.29, 1.82) is 0 Å². The Morgan fingerprint density at radius 1 is 1.13 bits per heavy atom. The van der Waals surface area contributed by atoms with E-state index in [9.17, 15) is 18.0 Å². The van der Waals surface area contributed by atoms with Crippen LogP contribution in [0.4, 0.5) is 11.4 Å². The van der Waals surface area contributed by atoms with Crippen LogP contribution in [0.1, 0.15) is 23.0 Å². The van der Waals surface area contributed by atoms with Gasteiger partial charge in [0.1, 0.15) is 11.5 Å². The molecular weight excluding hydrogens is 422 g/mol. The molecule has 0 saturated heterocycles. The minimum absolute atomic E-state index is 0.00666. The van der Waals surface area contributed by atoms with Crippen molar-refractivity contribution in [3.8, 4) is 5.75 Å². The highest BCUT2D eigenvalue weighted by molar-refractivity contribution is 7.89. The number of rotatable bonds is 6. The number of carbonyl (C=O) groups excluding carboxylic acids is 2. The molecule has 9 nitrogen and oxygen atoms in total. The zero-order valence-electron chi connectivity index (χ0n) is 16.4. The number of ether oxygens (including phenoxy) is 1. The molecule has 0 radical (unpaired) electrons. The smallest absolute Gasteiger partial charge is 0.265 e. The van der Waals surface area contributed by atoms with Crippen molar-refractivity contribution in [3.63, 3.8) is 0 Å². The molecular formula is C21H19N3O6S. The highest BCUT2D eigenvalue weighted by Crippen LogP contribution is 2.32. The van der Waals surface area contributed by atoms with E-state index in [1.165, 1.54) is 30.5 Å². The fourth-order valence-corrected chi connectivity index (χ4v) is 4.00. The predicted octanol–water partition coefficient (Wildman–Crippen LogP) is 2.73. The van der Waals surface area contributed by atoms with E-state index in [1.54, 1.807) is 37.3 Å². The molecule has 160 valence electrons. The molecule has 0 fully saturated rings. The summed E-state index contributed by atoms with van der Waals surface area (Å²) in [5.41, 5.74) is 1.03. The number of hydrogen-bond donors (Lipinski definition) is 3. The second-order valence-electron chi connectivity index (χ2n) is 6.85. The number of sulfonamides is 1. The van der Waals surface area contributed by atoms with Crippen molar-refractivity contribution >= 4 is 33.2 Å². The lowest BCUT2D eigenvalue weighted by molar-refractivity contribution is -0.122. The summed E-state index contributed by atoms with van der Waals surface area (Å²) in [5.74, 6) is 0.187. The van der Waals surface area contributed by atoms with Gasteiger partial charge in [-0.2, -0.15) is 0 Å². The lowest BCUT2D eigenvalue weighted by Gasteiger charge is -2.23. The first kappa shape index (κ1) is 20.6. The van der Waals surface area contributed by atoms with Gasteiger partial charge in [0.15, 0.2) is 6.10 Å². The molecule has 0 bridgehead atoms. The third-order valence-electron chi connectivity index (χ3n) is 4.59. The summed E-state index contributed by atoms with van der Waals surface area (Å²) in [4.78, 5) is 24.4. The van der Waals surface area contributed by atoms with Crippen LogP contribution in [0.3, 0.4) is 0 Å². The molecule has 1 unspecified atom stereocenters. The summed E-state index contributed by atoms with van der Waals surface area (Å²) in [6.07, 6.45) is 0.854. The monoisotopic (exact) mass is 441 g/mol. The van der Waals surface area contributed by atoms with Gasteiger partial charge in [0.25, 0.3) is 11.8 Å². The van der Waals surface area contributed by atoms with E-state index in [2.05, 4.69) is 15.4 Å². The second kappa shape index (κ2) is 8.25. The van der Waals surface area contributed by atoms with E-state index in [0.29, 0.717) is 22.9 Å². The van der Waals surface area contributed by atoms with Gasteiger partial charge in [-0.05, 0) is 55.5 Å². The van der Waals surface area contributed by atoms with Crippen molar-refractivity contribution in [1.82, 2.24) is 4.72 Å². The van der Waals surface area contributed by atoms with Gasteiger partial charge in [-0.25, -0.2) is 13.1 Å². The molecule has 4 rings (SSSR count). The Hall–Kier alpha value is -3.63. The van der Waals surface area contributed by atoms with Gasteiger partial charge < -0.3 is 19.8 Å². The Morgan fingerprint density at radius 3 is 2.74 bits per heavy atom. The molecule has 2 aromatic carbocycles. The molecule has 31 heavy (non-hydrogen) atoms. The molecule has 0 spiro atoms. The van der Waals surface area contributed by atoms with Gasteiger partial charge in [0.05, 0.1) is 23.4 Å². The molecule has 1 aliphatic heterocycles. The molecule has 2 heterocycles. The molecule has 3 aromatic rings. The number of furan rings is 1. The highest BCUT2D eigenvalue weighted by Gasteiger charge is 2.24. The summed E-state index contributed by atoms with van der Waals surface area (Å²) in [7, 11) is -3.84. The largest absolute Gasteiger partial charge is 0.479 e. The van der Waals surface area contributed by atoms with Crippen LogP contribution in [0.15, 0.2) is 70.2 Å². The molecule has 1 atom stereocenters. The van der Waals surface area contributed by atoms with Gasteiger partial charge in [-0.15, -0.1) is 0 Å². The third kappa shape index (κ3) is 4.60. The molecule has 0 saturated carbocycles. The highest BCUT2D eigenvalue weighted by atomic mass is 32.2. The average molecular weight is 441 g/mol. The maximum atomic E-state index is 12.7. The summed E-state index contributed by atoms with van der Waals surface area (Å²) in [6.45, 7) is 1.63. The Morgan fingerprint density at radius 2 is 1.97 bits per heavy atom. The fourth-order valence-electron chi connectivity index (χ4n) is 2.96. The fraction of sp³-hybridized carbons (Fsp3) is 0.143. The zero-order chi connectivity index (χ0) is 22.0.